The average molecular weight is 523 g/mol. The summed E-state index contributed by atoms with van der Waals surface area (Å²) in [6.45, 7) is 12.2. The van der Waals surface area contributed by atoms with Crippen molar-refractivity contribution in [2.45, 2.75) is 58.0 Å². The Morgan fingerprint density at radius 1 is 0.852 bits per heavy atom. The quantitative estimate of drug-likeness (QED) is 0.293. The maximum absolute atomic E-state index is 9.44. The molecule has 0 aromatic rings. The summed E-state index contributed by atoms with van der Waals surface area (Å²) in [5, 5.41) is 21.8. The molecule has 2 nitrogen and oxygen atoms in total. The van der Waals surface area contributed by atoms with Crippen LogP contribution < -0.4 is 24.8 Å². The largest absolute Gasteiger partial charge is 4.00 e. The Morgan fingerprint density at radius 2 is 1.19 bits per heavy atom. The van der Waals surface area contributed by atoms with Gasteiger partial charge in [-0.15, -0.1) is 12.8 Å². The second-order valence-corrected chi connectivity index (χ2v) is 17.9. The Hall–Kier alpha value is 0.777. The molecule has 0 radical (unpaired) electrons. The van der Waals surface area contributed by atoms with E-state index in [1.165, 1.54) is 21.5 Å². The van der Waals surface area contributed by atoms with Crippen molar-refractivity contribution < 1.29 is 61.2 Å². The Kier molecular flexibility index (Phi) is 13.8. The molecule has 27 heavy (non-hydrogen) atoms. The van der Waals surface area contributed by atoms with Crippen molar-refractivity contribution in [1.29, 1.82) is 0 Å². The van der Waals surface area contributed by atoms with E-state index in [2.05, 4.69) is 57.4 Å². The maximum atomic E-state index is 9.44. The van der Waals surface area contributed by atoms with E-state index in [1.54, 1.807) is 0 Å². The minimum atomic E-state index is -1.61. The first kappa shape index (κ1) is 30.0. The van der Waals surface area contributed by atoms with Gasteiger partial charge in [-0.3, -0.25) is 12.2 Å². The van der Waals surface area contributed by atoms with Crippen LogP contribution in [0.4, 0.5) is 0 Å². The van der Waals surface area contributed by atoms with Crippen LogP contribution in [0.25, 0.3) is 0 Å². The van der Waals surface area contributed by atoms with Gasteiger partial charge in [0.2, 0.25) is 0 Å². The maximum Gasteiger partial charge on any atom is 4.00 e. The summed E-state index contributed by atoms with van der Waals surface area (Å²) in [5.41, 5.74) is 2.70. The molecule has 0 atom stereocenters. The summed E-state index contributed by atoms with van der Waals surface area (Å²) >= 11 is 0. The summed E-state index contributed by atoms with van der Waals surface area (Å²) in [7, 11) is -3.22. The minimum absolute atomic E-state index is 0. The van der Waals surface area contributed by atoms with Crippen LogP contribution in [0.1, 0.15) is 19.8 Å². The van der Waals surface area contributed by atoms with E-state index in [9.17, 15) is 10.2 Å². The summed E-state index contributed by atoms with van der Waals surface area (Å²) in [4.78, 5) is 0. The van der Waals surface area contributed by atoms with Gasteiger partial charge in [0.25, 0.3) is 0 Å². The Labute approximate surface area is 199 Å². The number of rotatable bonds is 8. The van der Waals surface area contributed by atoms with Crippen molar-refractivity contribution in [3.8, 4) is 0 Å². The number of allylic oxidation sites excluding steroid dienone is 8. The first-order valence-electron chi connectivity index (χ1n) is 9.10. The minimum Gasteiger partial charge on any atom is -1.00 e. The zero-order chi connectivity index (χ0) is 18.0. The second kappa shape index (κ2) is 12.5. The Bertz CT molecular complexity index is 559. The van der Waals surface area contributed by atoms with Gasteiger partial charge in [-0.1, -0.05) is 39.0 Å². The van der Waals surface area contributed by atoms with Gasteiger partial charge in [0.1, 0.15) is 0 Å². The van der Waals surface area contributed by atoms with E-state index in [0.29, 0.717) is 5.92 Å². The van der Waals surface area contributed by atoms with Crippen molar-refractivity contribution in [3.05, 3.63) is 45.8 Å². The molecule has 0 aromatic carbocycles. The van der Waals surface area contributed by atoms with E-state index in [-0.39, 0.29) is 64.2 Å². The third-order valence-corrected chi connectivity index (χ3v) is 12.4. The summed E-state index contributed by atoms with van der Waals surface area (Å²) < 4.78 is 0. The van der Waals surface area contributed by atoms with Crippen LogP contribution in [0.5, 0.6) is 0 Å². The molecule has 2 aliphatic rings. The first-order chi connectivity index (χ1) is 11.2. The average Bonchev–Trinajstić information content (AvgIpc) is 3.16. The molecule has 150 valence electrons. The van der Waals surface area contributed by atoms with Crippen LogP contribution in [0.2, 0.25) is 38.3 Å². The molecule has 7 heteroatoms. The summed E-state index contributed by atoms with van der Waals surface area (Å²) in [6.07, 6.45) is 13.7. The van der Waals surface area contributed by atoms with Gasteiger partial charge in [-0.25, -0.2) is 11.1 Å². The number of halogens is 2. The van der Waals surface area contributed by atoms with Gasteiger partial charge in [0.15, 0.2) is 0 Å². The fraction of sp³-hybridized carbons (Fsp3) is 0.600. The number of aliphatic hydroxyl groups is 2. The Morgan fingerprint density at radius 3 is 1.48 bits per heavy atom. The van der Waals surface area contributed by atoms with Gasteiger partial charge in [-0.2, -0.15) is 22.5 Å². The molecular formula is C20H32Cl2O2Si2Zr. The molecule has 0 unspecified atom stereocenters. The normalized spacial score (nSPS) is 16.6. The predicted molar refractivity (Wildman–Crippen MR) is 107 cm³/mol. The van der Waals surface area contributed by atoms with E-state index in [1.807, 2.05) is 0 Å². The number of aliphatic hydroxyl groups excluding tert-OH is 2. The molecule has 0 bridgehead atoms. The standard InChI is InChI=1S/C20H32O2Si2.2ClH.Zr/c1-16(17-8-6-10-19(17)23(2,3)14-12-21)18-9-7-11-20(18)24(4,5)15-13-22;;;/h10-11,16,21-22H,6-7,12-15H2,1-5H3;2*1H;/q-2;;;+4/p-2. The van der Waals surface area contributed by atoms with Crippen molar-refractivity contribution in [2.24, 2.45) is 5.92 Å². The molecule has 2 aliphatic carbocycles. The van der Waals surface area contributed by atoms with E-state index in [0.717, 1.165) is 24.9 Å². The molecule has 0 saturated heterocycles. The third kappa shape index (κ3) is 6.91. The topological polar surface area (TPSA) is 40.5 Å². The monoisotopic (exact) mass is 520 g/mol. The van der Waals surface area contributed by atoms with Gasteiger partial charge in [0, 0.05) is 13.2 Å². The fourth-order valence-corrected chi connectivity index (χ4v) is 9.00. The van der Waals surface area contributed by atoms with E-state index >= 15 is 0 Å². The van der Waals surface area contributed by atoms with Crippen molar-refractivity contribution >= 4 is 16.1 Å². The molecule has 0 aliphatic heterocycles. The zero-order valence-corrected chi connectivity index (χ0v) is 23.1. The van der Waals surface area contributed by atoms with Crippen LogP contribution in [-0.4, -0.2) is 39.6 Å². The van der Waals surface area contributed by atoms with Crippen LogP contribution >= 0.6 is 0 Å². The molecule has 2 N–H and O–H groups in total. The molecule has 0 spiro atoms. The van der Waals surface area contributed by atoms with Crippen molar-refractivity contribution in [2.75, 3.05) is 13.2 Å². The van der Waals surface area contributed by atoms with Crippen LogP contribution in [0.15, 0.2) is 33.7 Å². The van der Waals surface area contributed by atoms with Crippen LogP contribution in [-0.2, 0) is 26.2 Å². The molecule has 0 amide bonds. The first-order valence-corrected chi connectivity index (χ1v) is 15.5. The zero-order valence-electron chi connectivity index (χ0n) is 17.1. The van der Waals surface area contributed by atoms with Gasteiger partial charge < -0.3 is 35.0 Å². The van der Waals surface area contributed by atoms with Crippen molar-refractivity contribution in [3.63, 3.8) is 0 Å². The molecule has 0 fully saturated rings. The number of hydrogen-bond acceptors (Lipinski definition) is 2. The molecule has 0 saturated carbocycles. The third-order valence-electron chi connectivity index (χ3n) is 5.58. The molecular weight excluding hydrogens is 491 g/mol. The Balaban J connectivity index is 0. The predicted octanol–water partition coefficient (Wildman–Crippen LogP) is -1.77. The molecule has 0 heterocycles. The number of hydrogen-bond donors (Lipinski definition) is 2. The van der Waals surface area contributed by atoms with Crippen LogP contribution in [0.3, 0.4) is 0 Å². The smallest absolute Gasteiger partial charge is 1.00 e. The molecule has 2 rings (SSSR count). The van der Waals surface area contributed by atoms with Gasteiger partial charge in [0.05, 0.1) is 0 Å². The fourth-order valence-electron chi connectivity index (χ4n) is 3.96. The molecule has 0 aromatic heterocycles. The van der Waals surface area contributed by atoms with Crippen molar-refractivity contribution in [1.82, 2.24) is 0 Å². The van der Waals surface area contributed by atoms with E-state index in [4.69, 9.17) is 0 Å². The van der Waals surface area contributed by atoms with E-state index < -0.39 is 16.1 Å². The van der Waals surface area contributed by atoms with Gasteiger partial charge in [-0.05, 0) is 28.2 Å². The van der Waals surface area contributed by atoms with Crippen LogP contribution in [0, 0.1) is 18.1 Å². The van der Waals surface area contributed by atoms with Gasteiger partial charge >= 0.3 is 26.2 Å². The summed E-state index contributed by atoms with van der Waals surface area (Å²) in [5.74, 6) is 0.323. The summed E-state index contributed by atoms with van der Waals surface area (Å²) in [6, 6.07) is 1.82. The SMILES string of the molecule is CC(C1=[C-]CC=C1[Si](C)(C)CCO)C1=[C-]CC=C1[Si](C)(C)CCO.[Cl-].[Cl-].[Zr+4]. The second-order valence-electron chi connectivity index (χ2n) is 8.26.